The summed E-state index contributed by atoms with van der Waals surface area (Å²) in [7, 11) is 0. The first-order valence-corrected chi connectivity index (χ1v) is 11.0. The molecule has 1 aromatic rings. The van der Waals surface area contributed by atoms with E-state index in [0.717, 1.165) is 6.42 Å². The molecule has 166 valence electrons. The third-order valence-corrected chi connectivity index (χ3v) is 6.91. The summed E-state index contributed by atoms with van der Waals surface area (Å²) >= 11 is 0. The van der Waals surface area contributed by atoms with Crippen molar-refractivity contribution < 1.29 is 19.4 Å². The van der Waals surface area contributed by atoms with Gasteiger partial charge in [-0.3, -0.25) is 4.79 Å². The molecule has 1 fully saturated rings. The lowest BCUT2D eigenvalue weighted by atomic mass is 9.69. The lowest BCUT2D eigenvalue weighted by molar-refractivity contribution is -0.286. The molecule has 0 spiro atoms. The Morgan fingerprint density at radius 1 is 1.30 bits per heavy atom. The van der Waals surface area contributed by atoms with E-state index < -0.39 is 11.7 Å². The molecule has 6 heteroatoms. The lowest BCUT2D eigenvalue weighted by Gasteiger charge is -2.44. The number of amides is 1. The van der Waals surface area contributed by atoms with E-state index in [2.05, 4.69) is 38.0 Å². The Hall–Kier alpha value is -1.92. The highest BCUT2D eigenvalue weighted by Crippen LogP contribution is 2.45. The third kappa shape index (κ3) is 4.70. The predicted octanol–water partition coefficient (Wildman–Crippen LogP) is 4.51. The van der Waals surface area contributed by atoms with Crippen LogP contribution in [0.1, 0.15) is 76.4 Å². The number of pyridine rings is 1. The van der Waals surface area contributed by atoms with E-state index >= 15 is 0 Å². The van der Waals surface area contributed by atoms with Gasteiger partial charge in [0.05, 0.1) is 19.3 Å². The molecule has 0 saturated carbocycles. The summed E-state index contributed by atoms with van der Waals surface area (Å²) in [4.78, 5) is 16.5. The van der Waals surface area contributed by atoms with Gasteiger partial charge in [-0.15, -0.1) is 0 Å². The van der Waals surface area contributed by atoms with E-state index in [0.29, 0.717) is 18.8 Å². The minimum atomic E-state index is -0.689. The van der Waals surface area contributed by atoms with Crippen LogP contribution in [0.4, 0.5) is 0 Å². The normalized spacial score (nSPS) is 27.6. The predicted molar refractivity (Wildman–Crippen MR) is 116 cm³/mol. The van der Waals surface area contributed by atoms with Crippen molar-refractivity contribution in [2.24, 2.45) is 11.3 Å². The summed E-state index contributed by atoms with van der Waals surface area (Å²) in [5, 5.41) is 12.9. The number of hydrogen-bond donors (Lipinski definition) is 2. The van der Waals surface area contributed by atoms with E-state index in [1.165, 1.54) is 36.6 Å². The summed E-state index contributed by atoms with van der Waals surface area (Å²) in [6.45, 7) is 13.6. The summed E-state index contributed by atoms with van der Waals surface area (Å²) in [5.41, 5.74) is 3.90. The van der Waals surface area contributed by atoms with E-state index in [1.54, 1.807) is 13.0 Å². The van der Waals surface area contributed by atoms with Crippen LogP contribution in [-0.2, 0) is 9.47 Å². The van der Waals surface area contributed by atoms with Gasteiger partial charge in [0.25, 0.3) is 5.91 Å². The Kier molecular flexibility index (Phi) is 6.58. The number of allylic oxidation sites excluding steroid dienone is 2. The summed E-state index contributed by atoms with van der Waals surface area (Å²) in [6.07, 6.45) is 6.12. The van der Waals surface area contributed by atoms with Gasteiger partial charge in [-0.25, -0.2) is 4.98 Å². The minimum absolute atomic E-state index is 0.0265. The molecule has 6 nitrogen and oxygen atoms in total. The fourth-order valence-electron chi connectivity index (χ4n) is 4.58. The van der Waals surface area contributed by atoms with Gasteiger partial charge >= 0.3 is 0 Å². The van der Waals surface area contributed by atoms with Gasteiger partial charge in [-0.1, -0.05) is 31.9 Å². The molecule has 0 bridgehead atoms. The molecular weight excluding hydrogens is 380 g/mol. The second-order valence-electron chi connectivity index (χ2n) is 9.73. The zero-order valence-corrected chi connectivity index (χ0v) is 19.2. The largest absolute Gasteiger partial charge is 0.505 e. The smallest absolute Gasteiger partial charge is 0.274 e. The van der Waals surface area contributed by atoms with Crippen LogP contribution < -0.4 is 5.32 Å². The maximum absolute atomic E-state index is 12.5. The maximum Gasteiger partial charge on any atom is 0.274 e. The van der Waals surface area contributed by atoms with Gasteiger partial charge in [0.15, 0.2) is 11.5 Å². The first-order valence-electron chi connectivity index (χ1n) is 11.0. The van der Waals surface area contributed by atoms with Crippen molar-refractivity contribution in [1.82, 2.24) is 10.3 Å². The van der Waals surface area contributed by atoms with Crippen molar-refractivity contribution in [1.29, 1.82) is 0 Å². The van der Waals surface area contributed by atoms with Gasteiger partial charge < -0.3 is 19.9 Å². The number of nitrogens with zero attached hydrogens (tertiary/aromatic N) is 1. The molecule has 1 unspecified atom stereocenters. The van der Waals surface area contributed by atoms with Gasteiger partial charge in [0.1, 0.15) is 5.75 Å². The number of ether oxygens (including phenoxy) is 2. The van der Waals surface area contributed by atoms with Crippen LogP contribution >= 0.6 is 0 Å². The van der Waals surface area contributed by atoms with Crippen LogP contribution in [0.3, 0.4) is 0 Å². The van der Waals surface area contributed by atoms with Crippen LogP contribution in [0, 0.1) is 18.3 Å². The number of hydrogen-bond acceptors (Lipinski definition) is 5. The fourth-order valence-corrected chi connectivity index (χ4v) is 4.58. The molecule has 2 aliphatic rings. The van der Waals surface area contributed by atoms with Crippen molar-refractivity contribution in [2.75, 3.05) is 13.2 Å². The third-order valence-electron chi connectivity index (χ3n) is 6.91. The SMILES string of the molecule is CC1=C(CC(C)C2(C)OCC(NC(=O)c3nccc(C)c3O)CO2)C(C)(C)CCC1. The average molecular weight is 417 g/mol. The average Bonchev–Trinajstić information content (AvgIpc) is 2.68. The molecule has 1 atom stereocenters. The zero-order chi connectivity index (χ0) is 22.1. The Morgan fingerprint density at radius 2 is 1.97 bits per heavy atom. The second kappa shape index (κ2) is 8.67. The summed E-state index contributed by atoms with van der Waals surface area (Å²) in [5.74, 6) is -1.01. The number of rotatable bonds is 5. The molecule has 1 saturated heterocycles. The van der Waals surface area contributed by atoms with Crippen LogP contribution in [0.15, 0.2) is 23.4 Å². The Bertz CT molecular complexity index is 822. The number of nitrogens with one attached hydrogen (secondary N) is 1. The van der Waals surface area contributed by atoms with Gasteiger partial charge in [0.2, 0.25) is 0 Å². The summed E-state index contributed by atoms with van der Waals surface area (Å²) < 4.78 is 12.3. The van der Waals surface area contributed by atoms with Crippen molar-refractivity contribution in [2.45, 2.75) is 79.1 Å². The molecule has 2 heterocycles. The number of carbonyl (C=O) groups excluding carboxylic acids is 1. The molecule has 3 rings (SSSR count). The van der Waals surface area contributed by atoms with E-state index in [1.807, 2.05) is 6.92 Å². The van der Waals surface area contributed by atoms with Crippen molar-refractivity contribution in [3.63, 3.8) is 0 Å². The molecule has 1 amide bonds. The molecule has 30 heavy (non-hydrogen) atoms. The molecular formula is C24H36N2O4. The number of carbonyl (C=O) groups is 1. The lowest BCUT2D eigenvalue weighted by Crippen LogP contribution is -2.54. The minimum Gasteiger partial charge on any atom is -0.505 e. The number of aryl methyl sites for hydroxylation is 1. The van der Waals surface area contributed by atoms with E-state index in [-0.39, 0.29) is 28.8 Å². The number of aromatic hydroxyl groups is 1. The van der Waals surface area contributed by atoms with E-state index in [4.69, 9.17) is 9.47 Å². The highest BCUT2D eigenvalue weighted by atomic mass is 16.7. The standard InChI is InChI=1S/C24H36N2O4/c1-15-8-7-10-23(4,5)19(15)12-17(3)24(6)29-13-18(14-30-24)26-22(28)20-21(27)16(2)9-11-25-20/h9,11,17-18,27H,7-8,10,12-14H2,1-6H3,(H,26,28). The van der Waals surface area contributed by atoms with Crippen molar-refractivity contribution in [3.8, 4) is 5.75 Å². The quantitative estimate of drug-likeness (QED) is 0.690. The van der Waals surface area contributed by atoms with Crippen LogP contribution in [0.25, 0.3) is 0 Å². The van der Waals surface area contributed by atoms with Crippen molar-refractivity contribution >= 4 is 5.91 Å². The van der Waals surface area contributed by atoms with Crippen LogP contribution in [0.2, 0.25) is 0 Å². The first-order chi connectivity index (χ1) is 14.0. The molecule has 1 aliphatic carbocycles. The van der Waals surface area contributed by atoms with Gasteiger partial charge in [-0.05, 0) is 63.5 Å². The zero-order valence-electron chi connectivity index (χ0n) is 19.2. The Balaban J connectivity index is 1.60. The molecule has 0 radical (unpaired) electrons. The monoisotopic (exact) mass is 416 g/mol. The summed E-state index contributed by atoms with van der Waals surface area (Å²) in [6, 6.07) is 1.38. The highest BCUT2D eigenvalue weighted by Gasteiger charge is 2.41. The van der Waals surface area contributed by atoms with Crippen LogP contribution in [-0.4, -0.2) is 41.0 Å². The second-order valence-corrected chi connectivity index (χ2v) is 9.73. The first kappa shape index (κ1) is 22.8. The van der Waals surface area contributed by atoms with Crippen LogP contribution in [0.5, 0.6) is 5.75 Å². The Morgan fingerprint density at radius 3 is 2.60 bits per heavy atom. The molecule has 1 aromatic heterocycles. The number of aromatic nitrogens is 1. The highest BCUT2D eigenvalue weighted by molar-refractivity contribution is 5.95. The fraction of sp³-hybridized carbons (Fsp3) is 0.667. The molecule has 2 N–H and O–H groups in total. The van der Waals surface area contributed by atoms with Gasteiger partial charge in [0, 0.05) is 12.1 Å². The Labute approximate surface area is 180 Å². The molecule has 1 aliphatic heterocycles. The van der Waals surface area contributed by atoms with Crippen molar-refractivity contribution in [3.05, 3.63) is 34.7 Å². The topological polar surface area (TPSA) is 80.7 Å². The van der Waals surface area contributed by atoms with E-state index in [9.17, 15) is 9.90 Å². The molecule has 0 aromatic carbocycles. The maximum atomic E-state index is 12.5. The van der Waals surface area contributed by atoms with Gasteiger partial charge in [-0.2, -0.15) is 0 Å².